The molecule has 1 amide bonds. The Bertz CT molecular complexity index is 738. The standard InChI is InChI=1S/C19H25N5O/c1-14(2)15-6-4-5-7-16(15)21-19-20-9-8-17(22-19)18(25)24-12-10-23(3)11-13-24/h4-9,14H,10-13H2,1-3H3,(H,20,21,22). The molecule has 25 heavy (non-hydrogen) atoms. The highest BCUT2D eigenvalue weighted by Crippen LogP contribution is 2.25. The van der Waals surface area contributed by atoms with Gasteiger partial charge >= 0.3 is 0 Å². The number of likely N-dealkylation sites (N-methyl/N-ethyl adjacent to an activating group) is 1. The normalized spacial score (nSPS) is 15.4. The van der Waals surface area contributed by atoms with E-state index in [-0.39, 0.29) is 5.91 Å². The fourth-order valence-corrected chi connectivity index (χ4v) is 2.94. The van der Waals surface area contributed by atoms with Crippen LogP contribution in [0.1, 0.15) is 35.8 Å². The van der Waals surface area contributed by atoms with E-state index >= 15 is 0 Å². The molecule has 3 rings (SSSR count). The second-order valence-electron chi connectivity index (χ2n) is 6.73. The fourth-order valence-electron chi connectivity index (χ4n) is 2.94. The van der Waals surface area contributed by atoms with E-state index in [9.17, 15) is 4.79 Å². The molecule has 1 N–H and O–H groups in total. The highest BCUT2D eigenvalue weighted by atomic mass is 16.2. The van der Waals surface area contributed by atoms with Crippen LogP contribution in [0.2, 0.25) is 0 Å². The summed E-state index contributed by atoms with van der Waals surface area (Å²) in [5.41, 5.74) is 2.60. The summed E-state index contributed by atoms with van der Waals surface area (Å²) in [7, 11) is 2.07. The van der Waals surface area contributed by atoms with Crippen molar-refractivity contribution >= 4 is 17.5 Å². The minimum absolute atomic E-state index is 0.0318. The first kappa shape index (κ1) is 17.4. The van der Waals surface area contributed by atoms with Gasteiger partial charge in [-0.1, -0.05) is 32.0 Å². The molecule has 1 aromatic heterocycles. The van der Waals surface area contributed by atoms with Crippen molar-refractivity contribution in [3.05, 3.63) is 47.8 Å². The highest BCUT2D eigenvalue weighted by Gasteiger charge is 2.21. The molecule has 6 nitrogen and oxygen atoms in total. The fraction of sp³-hybridized carbons (Fsp3) is 0.421. The SMILES string of the molecule is CC(C)c1ccccc1Nc1nccc(C(=O)N2CCN(C)CC2)n1. The van der Waals surface area contributed by atoms with E-state index in [0.717, 1.165) is 31.9 Å². The van der Waals surface area contributed by atoms with Crippen molar-refractivity contribution in [2.75, 3.05) is 38.5 Å². The molecule has 132 valence electrons. The number of aromatic nitrogens is 2. The lowest BCUT2D eigenvalue weighted by Crippen LogP contribution is -2.47. The van der Waals surface area contributed by atoms with Gasteiger partial charge in [0.1, 0.15) is 5.69 Å². The lowest BCUT2D eigenvalue weighted by Gasteiger charge is -2.32. The number of carbonyl (C=O) groups is 1. The third-order valence-corrected chi connectivity index (χ3v) is 4.49. The number of hydrogen-bond acceptors (Lipinski definition) is 5. The van der Waals surface area contributed by atoms with Crippen molar-refractivity contribution in [2.24, 2.45) is 0 Å². The molecule has 1 aliphatic rings. The summed E-state index contributed by atoms with van der Waals surface area (Å²) < 4.78 is 0. The van der Waals surface area contributed by atoms with E-state index < -0.39 is 0 Å². The van der Waals surface area contributed by atoms with Crippen molar-refractivity contribution in [1.29, 1.82) is 0 Å². The van der Waals surface area contributed by atoms with Crippen LogP contribution in [0.3, 0.4) is 0 Å². The number of nitrogens with one attached hydrogen (secondary N) is 1. The third-order valence-electron chi connectivity index (χ3n) is 4.49. The lowest BCUT2D eigenvalue weighted by atomic mass is 10.0. The Hall–Kier alpha value is -2.47. The maximum atomic E-state index is 12.7. The van der Waals surface area contributed by atoms with Crippen molar-refractivity contribution in [3.63, 3.8) is 0 Å². The van der Waals surface area contributed by atoms with Gasteiger partial charge in [0, 0.05) is 38.1 Å². The van der Waals surface area contributed by atoms with Gasteiger partial charge in [-0.3, -0.25) is 4.79 Å². The summed E-state index contributed by atoms with van der Waals surface area (Å²) in [6.07, 6.45) is 1.64. The van der Waals surface area contributed by atoms with Crippen molar-refractivity contribution in [1.82, 2.24) is 19.8 Å². The number of benzene rings is 1. The van der Waals surface area contributed by atoms with Crippen LogP contribution < -0.4 is 5.32 Å². The van der Waals surface area contributed by atoms with E-state index in [4.69, 9.17) is 0 Å². The molecule has 1 saturated heterocycles. The number of rotatable bonds is 4. The first-order chi connectivity index (χ1) is 12.0. The van der Waals surface area contributed by atoms with Crippen molar-refractivity contribution in [3.8, 4) is 0 Å². The van der Waals surface area contributed by atoms with Crippen LogP contribution in [0.5, 0.6) is 0 Å². The first-order valence-electron chi connectivity index (χ1n) is 8.71. The minimum Gasteiger partial charge on any atom is -0.335 e. The molecule has 2 heterocycles. The average Bonchev–Trinajstić information content (AvgIpc) is 2.62. The average molecular weight is 339 g/mol. The van der Waals surface area contributed by atoms with E-state index in [2.05, 4.69) is 47.1 Å². The molecule has 1 aliphatic heterocycles. The molecule has 2 aromatic rings. The Morgan fingerprint density at radius 3 is 2.56 bits per heavy atom. The Labute approximate surface area is 148 Å². The summed E-state index contributed by atoms with van der Waals surface area (Å²) in [5.74, 6) is 0.808. The topological polar surface area (TPSA) is 61.4 Å². The van der Waals surface area contributed by atoms with Gasteiger partial charge < -0.3 is 15.1 Å². The van der Waals surface area contributed by atoms with Gasteiger partial charge in [-0.25, -0.2) is 9.97 Å². The van der Waals surface area contributed by atoms with Crippen LogP contribution in [0.4, 0.5) is 11.6 Å². The van der Waals surface area contributed by atoms with Crippen LogP contribution in [0.15, 0.2) is 36.5 Å². The van der Waals surface area contributed by atoms with Crippen LogP contribution in [-0.2, 0) is 0 Å². The molecule has 0 bridgehead atoms. The number of para-hydroxylation sites is 1. The largest absolute Gasteiger partial charge is 0.335 e. The van der Waals surface area contributed by atoms with Gasteiger partial charge in [0.05, 0.1) is 0 Å². The summed E-state index contributed by atoms with van der Waals surface area (Å²) in [4.78, 5) is 25.5. The first-order valence-corrected chi connectivity index (χ1v) is 8.71. The van der Waals surface area contributed by atoms with E-state index in [1.165, 1.54) is 5.56 Å². The number of amides is 1. The van der Waals surface area contributed by atoms with Crippen LogP contribution in [0, 0.1) is 0 Å². The van der Waals surface area contributed by atoms with Crippen molar-refractivity contribution in [2.45, 2.75) is 19.8 Å². The highest BCUT2D eigenvalue weighted by molar-refractivity contribution is 5.92. The molecule has 1 fully saturated rings. The zero-order valence-electron chi connectivity index (χ0n) is 15.1. The summed E-state index contributed by atoms with van der Waals surface area (Å²) in [6, 6.07) is 9.78. The van der Waals surface area contributed by atoms with E-state index in [1.807, 2.05) is 23.1 Å². The number of carbonyl (C=O) groups excluding carboxylic acids is 1. The van der Waals surface area contributed by atoms with Gasteiger partial charge in [-0.2, -0.15) is 0 Å². The molecule has 0 unspecified atom stereocenters. The zero-order chi connectivity index (χ0) is 17.8. The lowest BCUT2D eigenvalue weighted by molar-refractivity contribution is 0.0658. The Kier molecular flexibility index (Phi) is 5.28. The van der Waals surface area contributed by atoms with E-state index in [1.54, 1.807) is 12.3 Å². The second kappa shape index (κ2) is 7.61. The second-order valence-corrected chi connectivity index (χ2v) is 6.73. The molecule has 0 saturated carbocycles. The quantitative estimate of drug-likeness (QED) is 0.928. The maximum absolute atomic E-state index is 12.7. The Balaban J connectivity index is 1.77. The maximum Gasteiger partial charge on any atom is 0.272 e. The Morgan fingerprint density at radius 1 is 1.12 bits per heavy atom. The summed E-state index contributed by atoms with van der Waals surface area (Å²) >= 11 is 0. The number of hydrogen-bond donors (Lipinski definition) is 1. The van der Waals surface area contributed by atoms with Gasteiger partial charge in [-0.15, -0.1) is 0 Å². The monoisotopic (exact) mass is 339 g/mol. The van der Waals surface area contributed by atoms with Crippen LogP contribution >= 0.6 is 0 Å². The predicted octanol–water partition coefficient (Wildman–Crippen LogP) is 2.73. The molecule has 0 atom stereocenters. The molecule has 0 spiro atoms. The van der Waals surface area contributed by atoms with Gasteiger partial charge in [0.2, 0.25) is 5.95 Å². The van der Waals surface area contributed by atoms with Gasteiger partial charge in [0.25, 0.3) is 5.91 Å². The minimum atomic E-state index is -0.0318. The van der Waals surface area contributed by atoms with Gasteiger partial charge in [-0.05, 0) is 30.7 Å². The number of anilines is 2. The number of piperazine rings is 1. The van der Waals surface area contributed by atoms with E-state index in [0.29, 0.717) is 17.6 Å². The van der Waals surface area contributed by atoms with Crippen LogP contribution in [0.25, 0.3) is 0 Å². The third kappa shape index (κ3) is 4.14. The van der Waals surface area contributed by atoms with Crippen molar-refractivity contribution < 1.29 is 4.79 Å². The molecule has 6 heteroatoms. The van der Waals surface area contributed by atoms with Gasteiger partial charge in [0.15, 0.2) is 0 Å². The molecule has 0 radical (unpaired) electrons. The molecule has 1 aromatic carbocycles. The number of nitrogens with zero attached hydrogens (tertiary/aromatic N) is 4. The predicted molar refractivity (Wildman–Crippen MR) is 99.2 cm³/mol. The molecular formula is C19H25N5O. The molecule has 0 aliphatic carbocycles. The van der Waals surface area contributed by atoms with Crippen LogP contribution in [-0.4, -0.2) is 58.9 Å². The Morgan fingerprint density at radius 2 is 1.84 bits per heavy atom. The summed E-state index contributed by atoms with van der Waals surface area (Å²) in [5, 5.41) is 3.26. The molecular weight excluding hydrogens is 314 g/mol. The zero-order valence-corrected chi connectivity index (χ0v) is 15.1. The summed E-state index contributed by atoms with van der Waals surface area (Å²) in [6.45, 7) is 7.55. The smallest absolute Gasteiger partial charge is 0.272 e.